The van der Waals surface area contributed by atoms with Gasteiger partial charge in [0, 0.05) is 13.0 Å². The lowest BCUT2D eigenvalue weighted by atomic mass is 10.1. The zero-order chi connectivity index (χ0) is 8.15. The van der Waals surface area contributed by atoms with Crippen LogP contribution >= 0.6 is 0 Å². The van der Waals surface area contributed by atoms with E-state index in [-0.39, 0.29) is 12.0 Å². The molecule has 0 aromatic carbocycles. The maximum Gasteiger partial charge on any atom is 0.302 e. The molecule has 0 unspecified atom stereocenters. The number of ether oxygens (including phenoxy) is 1. The van der Waals surface area contributed by atoms with Gasteiger partial charge < -0.3 is 10.5 Å². The van der Waals surface area contributed by atoms with Crippen molar-refractivity contribution in [3.8, 4) is 0 Å². The molecule has 0 amide bonds. The highest BCUT2D eigenvalue weighted by Gasteiger charge is 2.07. The molecule has 2 N–H and O–H groups in total. The molecule has 0 aliphatic heterocycles. The van der Waals surface area contributed by atoms with E-state index in [1.165, 1.54) is 6.92 Å². The molecule has 0 saturated heterocycles. The molecule has 0 aromatic heterocycles. The van der Waals surface area contributed by atoms with Gasteiger partial charge in [-0.15, -0.1) is 0 Å². The van der Waals surface area contributed by atoms with Gasteiger partial charge in [0.25, 0.3) is 0 Å². The summed E-state index contributed by atoms with van der Waals surface area (Å²) in [6.07, 6.45) is 0. The van der Waals surface area contributed by atoms with E-state index in [4.69, 9.17) is 10.5 Å². The van der Waals surface area contributed by atoms with E-state index in [2.05, 4.69) is 0 Å². The summed E-state index contributed by atoms with van der Waals surface area (Å²) < 4.78 is 4.70. The lowest BCUT2D eigenvalue weighted by molar-refractivity contribution is -0.141. The van der Waals surface area contributed by atoms with E-state index in [1.807, 2.05) is 13.8 Å². The quantitative estimate of drug-likeness (QED) is 0.589. The Morgan fingerprint density at radius 1 is 1.60 bits per heavy atom. The number of rotatable bonds is 3. The molecule has 0 aromatic rings. The number of esters is 1. The third-order valence-electron chi connectivity index (χ3n) is 1.34. The summed E-state index contributed by atoms with van der Waals surface area (Å²) in [5, 5.41) is 0. The summed E-state index contributed by atoms with van der Waals surface area (Å²) in [7, 11) is 0. The van der Waals surface area contributed by atoms with E-state index in [1.54, 1.807) is 0 Å². The fourth-order valence-electron chi connectivity index (χ4n) is 0.406. The zero-order valence-electron chi connectivity index (χ0n) is 6.76. The third kappa shape index (κ3) is 4.32. The Kier molecular flexibility index (Phi) is 4.03. The van der Waals surface area contributed by atoms with Gasteiger partial charge in [-0.05, 0) is 5.92 Å². The minimum Gasteiger partial charge on any atom is -0.464 e. The summed E-state index contributed by atoms with van der Waals surface area (Å²) in [6.45, 7) is 5.70. The molecule has 0 saturated carbocycles. The van der Waals surface area contributed by atoms with Crippen molar-refractivity contribution < 1.29 is 9.53 Å². The lowest BCUT2D eigenvalue weighted by Gasteiger charge is -2.14. The topological polar surface area (TPSA) is 52.3 Å². The minimum absolute atomic E-state index is 0.0381. The molecule has 3 nitrogen and oxygen atoms in total. The fourth-order valence-corrected chi connectivity index (χ4v) is 0.406. The first kappa shape index (κ1) is 9.43. The van der Waals surface area contributed by atoms with Gasteiger partial charge in [-0.1, -0.05) is 13.8 Å². The highest BCUT2D eigenvalue weighted by molar-refractivity contribution is 5.65. The summed E-state index contributed by atoms with van der Waals surface area (Å²) >= 11 is 0. The molecule has 0 fully saturated rings. The first-order chi connectivity index (χ1) is 4.54. The van der Waals surface area contributed by atoms with Crippen molar-refractivity contribution in [1.29, 1.82) is 0 Å². The molecular weight excluding hydrogens is 130 g/mol. The van der Waals surface area contributed by atoms with Crippen molar-refractivity contribution >= 4 is 5.97 Å². The molecule has 1 atom stereocenters. The van der Waals surface area contributed by atoms with Crippen LogP contribution in [0.1, 0.15) is 20.8 Å². The van der Waals surface area contributed by atoms with Gasteiger partial charge in [-0.3, -0.25) is 4.79 Å². The molecule has 0 bridgehead atoms. The van der Waals surface area contributed by atoms with Gasteiger partial charge in [0.1, 0.15) is 6.61 Å². The molecular formula is C7H15NO2. The van der Waals surface area contributed by atoms with Gasteiger partial charge in [-0.2, -0.15) is 0 Å². The monoisotopic (exact) mass is 145 g/mol. The van der Waals surface area contributed by atoms with Crippen LogP contribution in [0.3, 0.4) is 0 Å². The highest BCUT2D eigenvalue weighted by atomic mass is 16.5. The largest absolute Gasteiger partial charge is 0.464 e. The Bertz CT molecular complexity index is 112. The Hall–Kier alpha value is -0.570. The SMILES string of the molecule is CC(=O)OC[C@H](N)C(C)C. The molecule has 3 heteroatoms. The minimum atomic E-state index is -0.267. The van der Waals surface area contributed by atoms with Gasteiger partial charge >= 0.3 is 5.97 Å². The standard InChI is InChI=1S/C7H15NO2/c1-5(2)7(8)4-10-6(3)9/h5,7H,4,8H2,1-3H3/t7-/m0/s1. The Morgan fingerprint density at radius 2 is 2.10 bits per heavy atom. The molecule has 0 radical (unpaired) electrons. The molecule has 0 rings (SSSR count). The van der Waals surface area contributed by atoms with Gasteiger partial charge in [0.15, 0.2) is 0 Å². The van der Waals surface area contributed by atoms with Crippen LogP contribution < -0.4 is 5.73 Å². The molecule has 0 heterocycles. The van der Waals surface area contributed by atoms with Crippen molar-refractivity contribution in [2.24, 2.45) is 11.7 Å². The summed E-state index contributed by atoms with van der Waals surface area (Å²) in [4.78, 5) is 10.3. The van der Waals surface area contributed by atoms with Crippen molar-refractivity contribution in [2.75, 3.05) is 6.61 Å². The van der Waals surface area contributed by atoms with Crippen LogP contribution in [0.2, 0.25) is 0 Å². The lowest BCUT2D eigenvalue weighted by Crippen LogP contribution is -2.32. The van der Waals surface area contributed by atoms with E-state index >= 15 is 0 Å². The van der Waals surface area contributed by atoms with Crippen LogP contribution in [0.15, 0.2) is 0 Å². The first-order valence-corrected chi connectivity index (χ1v) is 3.43. The van der Waals surface area contributed by atoms with Gasteiger partial charge in [0.2, 0.25) is 0 Å². The maximum atomic E-state index is 10.3. The Morgan fingerprint density at radius 3 is 2.40 bits per heavy atom. The zero-order valence-corrected chi connectivity index (χ0v) is 6.76. The average molecular weight is 145 g/mol. The fraction of sp³-hybridized carbons (Fsp3) is 0.857. The van der Waals surface area contributed by atoms with Gasteiger partial charge in [-0.25, -0.2) is 0 Å². The van der Waals surface area contributed by atoms with E-state index < -0.39 is 0 Å². The highest BCUT2D eigenvalue weighted by Crippen LogP contribution is 1.97. The Labute approximate surface area is 61.5 Å². The van der Waals surface area contributed by atoms with E-state index in [9.17, 15) is 4.79 Å². The van der Waals surface area contributed by atoms with Crippen molar-refractivity contribution in [2.45, 2.75) is 26.8 Å². The van der Waals surface area contributed by atoms with Crippen LogP contribution in [0, 0.1) is 5.92 Å². The third-order valence-corrected chi connectivity index (χ3v) is 1.34. The van der Waals surface area contributed by atoms with Crippen molar-refractivity contribution in [3.05, 3.63) is 0 Å². The summed E-state index contributed by atoms with van der Waals surface area (Å²) in [6, 6.07) is -0.0381. The van der Waals surface area contributed by atoms with Crippen LogP contribution in [0.5, 0.6) is 0 Å². The normalized spacial score (nSPS) is 13.3. The number of nitrogens with two attached hydrogens (primary N) is 1. The van der Waals surface area contributed by atoms with Crippen LogP contribution in [-0.4, -0.2) is 18.6 Å². The number of carbonyl (C=O) groups is 1. The molecule has 60 valence electrons. The van der Waals surface area contributed by atoms with Crippen molar-refractivity contribution in [3.63, 3.8) is 0 Å². The van der Waals surface area contributed by atoms with E-state index in [0.29, 0.717) is 12.5 Å². The van der Waals surface area contributed by atoms with Crippen LogP contribution in [0.25, 0.3) is 0 Å². The molecule has 10 heavy (non-hydrogen) atoms. The molecule has 0 aliphatic carbocycles. The predicted molar refractivity (Wildman–Crippen MR) is 39.4 cm³/mol. The Balaban J connectivity index is 3.39. The van der Waals surface area contributed by atoms with Gasteiger partial charge in [0.05, 0.1) is 0 Å². The van der Waals surface area contributed by atoms with Crippen molar-refractivity contribution in [1.82, 2.24) is 0 Å². The van der Waals surface area contributed by atoms with Crippen LogP contribution in [-0.2, 0) is 9.53 Å². The number of carbonyl (C=O) groups excluding carboxylic acids is 1. The molecule has 0 spiro atoms. The second-order valence-electron chi connectivity index (χ2n) is 2.71. The van der Waals surface area contributed by atoms with Crippen LogP contribution in [0.4, 0.5) is 0 Å². The smallest absolute Gasteiger partial charge is 0.302 e. The first-order valence-electron chi connectivity index (χ1n) is 3.43. The molecule has 0 aliphatic rings. The summed E-state index contributed by atoms with van der Waals surface area (Å²) in [5.41, 5.74) is 5.59. The maximum absolute atomic E-state index is 10.3. The van der Waals surface area contributed by atoms with E-state index in [0.717, 1.165) is 0 Å². The number of hydrogen-bond donors (Lipinski definition) is 1. The second-order valence-corrected chi connectivity index (χ2v) is 2.71. The second kappa shape index (κ2) is 4.28. The summed E-state index contributed by atoms with van der Waals surface area (Å²) in [5.74, 6) is 0.0930. The predicted octanol–water partition coefficient (Wildman–Crippen LogP) is 0.533. The average Bonchev–Trinajstić information content (AvgIpc) is 1.82. The number of hydrogen-bond acceptors (Lipinski definition) is 3.